The van der Waals surface area contributed by atoms with Crippen LogP contribution in [-0.4, -0.2) is 27.5 Å². The second-order valence-electron chi connectivity index (χ2n) is 6.74. The Bertz CT molecular complexity index is 882. The molecule has 0 saturated carbocycles. The average molecular weight is 341 g/mol. The second-order valence-corrected chi connectivity index (χ2v) is 6.74. The van der Waals surface area contributed by atoms with Gasteiger partial charge in [-0.25, -0.2) is 0 Å². The molecular weight excluding hydrogens is 320 g/mol. The predicted molar refractivity (Wildman–Crippen MR) is 94.4 cm³/mol. The molecule has 1 atom stereocenters. The van der Waals surface area contributed by atoms with Gasteiger partial charge in [0.05, 0.1) is 0 Å². The molecule has 1 aliphatic rings. The summed E-state index contributed by atoms with van der Waals surface area (Å²) in [6.45, 7) is 3.73. The summed E-state index contributed by atoms with van der Waals surface area (Å²) in [5.74, 6) is -1.47. The first-order valence-electron chi connectivity index (χ1n) is 8.75. The molecule has 1 saturated heterocycles. The van der Waals surface area contributed by atoms with Crippen LogP contribution in [0.5, 0.6) is 0 Å². The Hall–Kier alpha value is -2.27. The summed E-state index contributed by atoms with van der Waals surface area (Å²) in [6.07, 6.45) is 4.19. The lowest BCUT2D eigenvalue weighted by Gasteiger charge is -2.37. The standard InChI is InChI=1S/C20H21F2N3/c1-14(17-6-7-19(21)23-20(17)22)24-11-9-16(10-12-24)25-13-8-15-4-2-3-5-18(15)25/h2-8,13-14,16H,9-12H2,1H3. The largest absolute Gasteiger partial charge is 0.344 e. The molecule has 25 heavy (non-hydrogen) atoms. The number of hydrogen-bond donors (Lipinski definition) is 0. The van der Waals surface area contributed by atoms with Crippen molar-refractivity contribution in [3.63, 3.8) is 0 Å². The van der Waals surface area contributed by atoms with Gasteiger partial charge in [0.1, 0.15) is 0 Å². The van der Waals surface area contributed by atoms with E-state index in [0.29, 0.717) is 11.6 Å². The number of halogens is 2. The van der Waals surface area contributed by atoms with Crippen molar-refractivity contribution in [3.8, 4) is 0 Å². The molecule has 1 aliphatic heterocycles. The lowest BCUT2D eigenvalue weighted by molar-refractivity contribution is 0.142. The number of benzene rings is 1. The molecule has 5 heteroatoms. The third kappa shape index (κ3) is 3.04. The maximum Gasteiger partial charge on any atom is 0.220 e. The third-order valence-corrected chi connectivity index (χ3v) is 5.36. The minimum absolute atomic E-state index is 0.101. The number of aromatic nitrogens is 2. The second kappa shape index (κ2) is 6.56. The van der Waals surface area contributed by atoms with Crippen LogP contribution in [0.1, 0.15) is 37.4 Å². The maximum atomic E-state index is 13.9. The summed E-state index contributed by atoms with van der Waals surface area (Å²) in [7, 11) is 0. The number of fused-ring (bicyclic) bond motifs is 1. The molecule has 4 rings (SSSR count). The van der Waals surface area contributed by atoms with Crippen LogP contribution >= 0.6 is 0 Å². The molecule has 0 N–H and O–H groups in total. The van der Waals surface area contributed by atoms with Gasteiger partial charge in [0.15, 0.2) is 0 Å². The number of pyridine rings is 1. The molecule has 3 nitrogen and oxygen atoms in total. The van der Waals surface area contributed by atoms with E-state index in [0.717, 1.165) is 25.9 Å². The Kier molecular flexibility index (Phi) is 4.25. The van der Waals surface area contributed by atoms with Crippen molar-refractivity contribution < 1.29 is 8.78 Å². The van der Waals surface area contributed by atoms with Crippen LogP contribution in [0.3, 0.4) is 0 Å². The van der Waals surface area contributed by atoms with Gasteiger partial charge in [0.25, 0.3) is 0 Å². The van der Waals surface area contributed by atoms with Crippen molar-refractivity contribution >= 4 is 10.9 Å². The van der Waals surface area contributed by atoms with Crippen LogP contribution in [0, 0.1) is 11.9 Å². The number of likely N-dealkylation sites (tertiary alicyclic amines) is 1. The first kappa shape index (κ1) is 16.2. The van der Waals surface area contributed by atoms with Crippen molar-refractivity contribution in [2.45, 2.75) is 31.8 Å². The van der Waals surface area contributed by atoms with Crippen molar-refractivity contribution in [3.05, 3.63) is 66.1 Å². The van der Waals surface area contributed by atoms with E-state index in [9.17, 15) is 8.78 Å². The van der Waals surface area contributed by atoms with E-state index >= 15 is 0 Å². The lowest BCUT2D eigenvalue weighted by Crippen LogP contribution is -2.36. The molecule has 2 aromatic heterocycles. The molecule has 3 heterocycles. The summed E-state index contributed by atoms with van der Waals surface area (Å²) in [4.78, 5) is 5.57. The zero-order chi connectivity index (χ0) is 17.4. The van der Waals surface area contributed by atoms with Crippen molar-refractivity contribution in [2.24, 2.45) is 0 Å². The molecule has 0 bridgehead atoms. The van der Waals surface area contributed by atoms with Crippen LogP contribution in [-0.2, 0) is 0 Å². The topological polar surface area (TPSA) is 21.1 Å². The molecule has 1 fully saturated rings. The first-order chi connectivity index (χ1) is 12.1. The number of nitrogens with zero attached hydrogens (tertiary/aromatic N) is 3. The van der Waals surface area contributed by atoms with Crippen molar-refractivity contribution in [1.29, 1.82) is 0 Å². The highest BCUT2D eigenvalue weighted by Crippen LogP contribution is 2.32. The lowest BCUT2D eigenvalue weighted by atomic mass is 10.0. The van der Waals surface area contributed by atoms with Gasteiger partial charge in [0, 0.05) is 42.5 Å². The van der Waals surface area contributed by atoms with Crippen molar-refractivity contribution in [1.82, 2.24) is 14.5 Å². The van der Waals surface area contributed by atoms with Gasteiger partial charge >= 0.3 is 0 Å². The molecule has 130 valence electrons. The Morgan fingerprint density at radius 3 is 2.56 bits per heavy atom. The average Bonchev–Trinajstić information content (AvgIpc) is 3.05. The Morgan fingerprint density at radius 2 is 1.80 bits per heavy atom. The smallest absolute Gasteiger partial charge is 0.220 e. The Labute approximate surface area is 145 Å². The fourth-order valence-electron chi connectivity index (χ4n) is 3.91. The van der Waals surface area contributed by atoms with E-state index in [4.69, 9.17) is 0 Å². The summed E-state index contributed by atoms with van der Waals surface area (Å²) in [5, 5.41) is 1.26. The fraction of sp³-hybridized carbons (Fsp3) is 0.350. The van der Waals surface area contributed by atoms with E-state index in [1.54, 1.807) is 0 Å². The predicted octanol–water partition coefficient (Wildman–Crippen LogP) is 4.71. The molecule has 0 spiro atoms. The van der Waals surface area contributed by atoms with Crippen LogP contribution in [0.2, 0.25) is 0 Å². The zero-order valence-electron chi connectivity index (χ0n) is 14.2. The molecule has 0 radical (unpaired) electrons. The van der Waals surface area contributed by atoms with Gasteiger partial charge in [0.2, 0.25) is 11.9 Å². The highest BCUT2D eigenvalue weighted by molar-refractivity contribution is 5.80. The van der Waals surface area contributed by atoms with Crippen molar-refractivity contribution in [2.75, 3.05) is 13.1 Å². The zero-order valence-corrected chi connectivity index (χ0v) is 14.2. The van der Waals surface area contributed by atoms with Crippen LogP contribution in [0.4, 0.5) is 8.78 Å². The van der Waals surface area contributed by atoms with Gasteiger partial charge in [-0.1, -0.05) is 18.2 Å². The van der Waals surface area contributed by atoms with Crippen LogP contribution < -0.4 is 0 Å². The fourth-order valence-corrected chi connectivity index (χ4v) is 3.91. The monoisotopic (exact) mass is 341 g/mol. The molecule has 0 aliphatic carbocycles. The van der Waals surface area contributed by atoms with E-state index in [1.807, 2.05) is 6.92 Å². The summed E-state index contributed by atoms with van der Waals surface area (Å²) in [5.41, 5.74) is 1.73. The number of piperidine rings is 1. The minimum Gasteiger partial charge on any atom is -0.344 e. The van der Waals surface area contributed by atoms with E-state index in [1.165, 1.54) is 23.0 Å². The van der Waals surface area contributed by atoms with Gasteiger partial charge in [-0.3, -0.25) is 4.90 Å². The maximum absolute atomic E-state index is 13.9. The van der Waals surface area contributed by atoms with Gasteiger partial charge in [-0.2, -0.15) is 13.8 Å². The number of hydrogen-bond acceptors (Lipinski definition) is 2. The van der Waals surface area contributed by atoms with E-state index in [-0.39, 0.29) is 6.04 Å². The molecule has 1 unspecified atom stereocenters. The highest BCUT2D eigenvalue weighted by atomic mass is 19.1. The van der Waals surface area contributed by atoms with Crippen LogP contribution in [0.15, 0.2) is 48.7 Å². The Balaban J connectivity index is 1.47. The van der Waals surface area contributed by atoms with Gasteiger partial charge < -0.3 is 4.57 Å². The van der Waals surface area contributed by atoms with E-state index < -0.39 is 11.9 Å². The minimum atomic E-state index is -0.772. The summed E-state index contributed by atoms with van der Waals surface area (Å²) in [6, 6.07) is 13.7. The van der Waals surface area contributed by atoms with Gasteiger partial charge in [-0.15, -0.1) is 0 Å². The van der Waals surface area contributed by atoms with Gasteiger partial charge in [-0.05, 0) is 49.4 Å². The molecule has 0 amide bonds. The summed E-state index contributed by atoms with van der Waals surface area (Å²) >= 11 is 0. The summed E-state index contributed by atoms with van der Waals surface area (Å²) < 4.78 is 29.3. The Morgan fingerprint density at radius 1 is 1.04 bits per heavy atom. The molecule has 1 aromatic carbocycles. The number of para-hydroxylation sites is 1. The third-order valence-electron chi connectivity index (χ3n) is 5.36. The molecule has 3 aromatic rings. The first-order valence-corrected chi connectivity index (χ1v) is 8.75. The SMILES string of the molecule is CC(c1ccc(F)nc1F)N1CCC(n2ccc3ccccc32)CC1. The highest BCUT2D eigenvalue weighted by Gasteiger charge is 2.26. The van der Waals surface area contributed by atoms with Crippen LogP contribution in [0.25, 0.3) is 10.9 Å². The molecular formula is C20H21F2N3. The quantitative estimate of drug-likeness (QED) is 0.643. The number of rotatable bonds is 3. The van der Waals surface area contributed by atoms with E-state index in [2.05, 4.69) is 51.0 Å². The normalized spacial score (nSPS) is 17.9.